The number of thiophene rings is 1. The molecule has 2 aromatic rings. The monoisotopic (exact) mass is 295 g/mol. The van der Waals surface area contributed by atoms with Gasteiger partial charge in [-0.2, -0.15) is 0 Å². The zero-order valence-corrected chi connectivity index (χ0v) is 12.3. The Bertz CT molecular complexity index is 612. The first-order valence-electron chi connectivity index (χ1n) is 5.69. The highest BCUT2D eigenvalue weighted by atomic mass is 35.5. The van der Waals surface area contributed by atoms with E-state index in [9.17, 15) is 4.79 Å². The lowest BCUT2D eigenvalue weighted by molar-refractivity contribution is 0.0787. The van der Waals surface area contributed by atoms with Gasteiger partial charge in [0.1, 0.15) is 0 Å². The van der Waals surface area contributed by atoms with Crippen LogP contribution >= 0.6 is 22.9 Å². The number of nitrogens with zero attached hydrogens (tertiary/aromatic N) is 2. The molecular formula is C13H14ClN3OS. The van der Waals surface area contributed by atoms with Gasteiger partial charge < -0.3 is 10.6 Å². The zero-order chi connectivity index (χ0) is 14.0. The number of halogens is 1. The number of hydrogen-bond acceptors (Lipinski definition) is 4. The van der Waals surface area contributed by atoms with Crippen LogP contribution in [0.25, 0.3) is 0 Å². The van der Waals surface area contributed by atoms with Gasteiger partial charge in [0, 0.05) is 29.5 Å². The van der Waals surface area contributed by atoms with Crippen molar-refractivity contribution in [3.8, 4) is 0 Å². The highest BCUT2D eigenvalue weighted by molar-refractivity contribution is 7.16. The normalized spacial score (nSPS) is 10.5. The summed E-state index contributed by atoms with van der Waals surface area (Å²) in [6.07, 6.45) is 1.52. The summed E-state index contributed by atoms with van der Waals surface area (Å²) in [4.78, 5) is 19.0. The van der Waals surface area contributed by atoms with E-state index in [4.69, 9.17) is 17.3 Å². The summed E-state index contributed by atoms with van der Waals surface area (Å²) in [5.74, 6) is -0.144. The fraction of sp³-hybridized carbons (Fsp3) is 0.231. The van der Waals surface area contributed by atoms with E-state index in [0.717, 1.165) is 10.6 Å². The maximum atomic E-state index is 12.3. The van der Waals surface area contributed by atoms with Gasteiger partial charge >= 0.3 is 0 Å². The second-order valence-electron chi connectivity index (χ2n) is 4.28. The lowest BCUT2D eigenvalue weighted by atomic mass is 10.2. The van der Waals surface area contributed by atoms with Crippen LogP contribution in [0.2, 0.25) is 4.34 Å². The smallest absolute Gasteiger partial charge is 0.257 e. The number of nitrogens with two attached hydrogens (primary N) is 1. The molecule has 2 heterocycles. The largest absolute Gasteiger partial charge is 0.398 e. The van der Waals surface area contributed by atoms with Gasteiger partial charge in [0.25, 0.3) is 5.91 Å². The molecule has 0 aliphatic rings. The van der Waals surface area contributed by atoms with Crippen LogP contribution < -0.4 is 5.73 Å². The maximum Gasteiger partial charge on any atom is 0.257 e. The van der Waals surface area contributed by atoms with E-state index in [1.54, 1.807) is 18.0 Å². The number of rotatable bonds is 3. The van der Waals surface area contributed by atoms with E-state index in [1.807, 2.05) is 19.1 Å². The molecule has 100 valence electrons. The third-order valence-corrected chi connectivity index (χ3v) is 3.89. The summed E-state index contributed by atoms with van der Waals surface area (Å²) in [5.41, 5.74) is 7.52. The van der Waals surface area contributed by atoms with E-state index in [-0.39, 0.29) is 5.91 Å². The Balaban J connectivity index is 2.14. The molecule has 0 saturated heterocycles. The lowest BCUT2D eigenvalue weighted by Crippen LogP contribution is -2.26. The number of amides is 1. The van der Waals surface area contributed by atoms with Gasteiger partial charge in [-0.05, 0) is 25.1 Å². The Morgan fingerprint density at radius 2 is 2.26 bits per heavy atom. The molecule has 2 rings (SSSR count). The maximum absolute atomic E-state index is 12.3. The molecule has 0 fully saturated rings. The van der Waals surface area contributed by atoms with Crippen molar-refractivity contribution >= 4 is 34.5 Å². The van der Waals surface area contributed by atoms with E-state index >= 15 is 0 Å². The Morgan fingerprint density at radius 3 is 2.84 bits per heavy atom. The van der Waals surface area contributed by atoms with E-state index < -0.39 is 0 Å². The topological polar surface area (TPSA) is 59.2 Å². The van der Waals surface area contributed by atoms with Gasteiger partial charge in [0.2, 0.25) is 0 Å². The molecule has 2 aromatic heterocycles. The molecule has 0 unspecified atom stereocenters. The van der Waals surface area contributed by atoms with E-state index in [0.29, 0.717) is 22.1 Å². The molecule has 19 heavy (non-hydrogen) atoms. The Hall–Kier alpha value is -1.59. The molecular weight excluding hydrogens is 282 g/mol. The first-order chi connectivity index (χ1) is 8.97. The molecule has 0 spiro atoms. The van der Waals surface area contributed by atoms with Gasteiger partial charge in [-0.15, -0.1) is 11.3 Å². The van der Waals surface area contributed by atoms with Crippen LogP contribution in [0, 0.1) is 6.92 Å². The average Bonchev–Trinajstić information content (AvgIpc) is 2.74. The van der Waals surface area contributed by atoms with Crippen LogP contribution in [0.15, 0.2) is 24.4 Å². The molecule has 4 nitrogen and oxygen atoms in total. The second-order valence-corrected chi connectivity index (χ2v) is 6.08. The number of nitrogen functional groups attached to an aromatic ring is 1. The number of hydrogen-bond donors (Lipinski definition) is 1. The van der Waals surface area contributed by atoms with Crippen molar-refractivity contribution in [2.24, 2.45) is 0 Å². The van der Waals surface area contributed by atoms with Gasteiger partial charge in [-0.3, -0.25) is 9.78 Å². The number of aryl methyl sites for hydroxylation is 1. The van der Waals surface area contributed by atoms with Gasteiger partial charge in [-0.25, -0.2) is 0 Å². The van der Waals surface area contributed by atoms with Crippen molar-refractivity contribution in [3.63, 3.8) is 0 Å². The van der Waals surface area contributed by atoms with Crippen molar-refractivity contribution in [1.29, 1.82) is 0 Å². The number of anilines is 1. The molecule has 0 aliphatic heterocycles. The molecule has 0 saturated carbocycles. The van der Waals surface area contributed by atoms with Crippen LogP contribution in [0.3, 0.4) is 0 Å². The molecule has 2 N–H and O–H groups in total. The standard InChI is InChI=1S/C13H14ClN3OS/c1-8-5-11(15)10(6-16-8)13(18)17(2)7-9-3-4-12(14)19-9/h3-6H,7H2,1-2H3,(H2,15,16). The summed E-state index contributed by atoms with van der Waals surface area (Å²) in [5, 5.41) is 0. The predicted molar refractivity (Wildman–Crippen MR) is 78.5 cm³/mol. The third kappa shape index (κ3) is 3.24. The van der Waals surface area contributed by atoms with Crippen molar-refractivity contribution < 1.29 is 4.79 Å². The van der Waals surface area contributed by atoms with Crippen LogP contribution in [0.4, 0.5) is 5.69 Å². The lowest BCUT2D eigenvalue weighted by Gasteiger charge is -2.17. The van der Waals surface area contributed by atoms with Crippen molar-refractivity contribution in [1.82, 2.24) is 9.88 Å². The molecule has 0 radical (unpaired) electrons. The number of carbonyl (C=O) groups excluding carboxylic acids is 1. The fourth-order valence-corrected chi connectivity index (χ4v) is 2.85. The number of carbonyl (C=O) groups is 1. The average molecular weight is 296 g/mol. The SMILES string of the molecule is Cc1cc(N)c(C(=O)N(C)Cc2ccc(Cl)s2)cn1. The van der Waals surface area contributed by atoms with Gasteiger partial charge in [0.05, 0.1) is 16.4 Å². The minimum atomic E-state index is -0.144. The van der Waals surface area contributed by atoms with E-state index in [2.05, 4.69) is 4.98 Å². The van der Waals surface area contributed by atoms with Crippen LogP contribution in [0.1, 0.15) is 20.9 Å². The zero-order valence-electron chi connectivity index (χ0n) is 10.7. The fourth-order valence-electron chi connectivity index (χ4n) is 1.71. The first kappa shape index (κ1) is 13.8. The summed E-state index contributed by atoms with van der Waals surface area (Å²) in [7, 11) is 1.73. The van der Waals surface area contributed by atoms with E-state index in [1.165, 1.54) is 17.5 Å². The Morgan fingerprint density at radius 1 is 1.53 bits per heavy atom. The summed E-state index contributed by atoms with van der Waals surface area (Å²) < 4.78 is 0.715. The molecule has 0 aromatic carbocycles. The number of aromatic nitrogens is 1. The summed E-state index contributed by atoms with van der Waals surface area (Å²) >= 11 is 7.33. The van der Waals surface area contributed by atoms with Crippen molar-refractivity contribution in [2.75, 3.05) is 12.8 Å². The summed E-state index contributed by atoms with van der Waals surface area (Å²) in [6.45, 7) is 2.34. The molecule has 0 aliphatic carbocycles. The Labute approximate surface area is 120 Å². The van der Waals surface area contributed by atoms with Crippen LogP contribution in [-0.2, 0) is 6.54 Å². The summed E-state index contributed by atoms with van der Waals surface area (Å²) in [6, 6.07) is 5.43. The third-order valence-electron chi connectivity index (χ3n) is 2.67. The molecule has 0 bridgehead atoms. The Kier molecular flexibility index (Phi) is 4.07. The highest BCUT2D eigenvalue weighted by Crippen LogP contribution is 2.23. The minimum Gasteiger partial charge on any atom is -0.398 e. The second kappa shape index (κ2) is 5.59. The minimum absolute atomic E-state index is 0.144. The van der Waals surface area contributed by atoms with Crippen molar-refractivity contribution in [2.45, 2.75) is 13.5 Å². The molecule has 1 amide bonds. The van der Waals surface area contributed by atoms with Crippen LogP contribution in [-0.4, -0.2) is 22.8 Å². The van der Waals surface area contributed by atoms with Crippen LogP contribution in [0.5, 0.6) is 0 Å². The number of pyridine rings is 1. The molecule has 6 heteroatoms. The van der Waals surface area contributed by atoms with Gasteiger partial charge in [-0.1, -0.05) is 11.6 Å². The van der Waals surface area contributed by atoms with Crippen molar-refractivity contribution in [3.05, 3.63) is 44.9 Å². The van der Waals surface area contributed by atoms with Gasteiger partial charge in [0.15, 0.2) is 0 Å². The highest BCUT2D eigenvalue weighted by Gasteiger charge is 2.16. The molecule has 0 atom stereocenters. The first-order valence-corrected chi connectivity index (χ1v) is 6.88. The predicted octanol–water partition coefficient (Wildman–Crippen LogP) is 2.96. The quantitative estimate of drug-likeness (QED) is 0.947.